The fourth-order valence-electron chi connectivity index (χ4n) is 2.99. The van der Waals surface area contributed by atoms with Gasteiger partial charge in [0.05, 0.1) is 0 Å². The zero-order valence-electron chi connectivity index (χ0n) is 13.4. The predicted molar refractivity (Wildman–Crippen MR) is 86.7 cm³/mol. The van der Waals surface area contributed by atoms with Crippen molar-refractivity contribution in [1.29, 1.82) is 0 Å². The number of amides is 1. The highest BCUT2D eigenvalue weighted by atomic mass is 16.1. The maximum atomic E-state index is 12.5. The van der Waals surface area contributed by atoms with Gasteiger partial charge in [-0.3, -0.25) is 4.79 Å². The lowest BCUT2D eigenvalue weighted by atomic mass is 10.1. The molecule has 21 heavy (non-hydrogen) atoms. The number of carbonyl (C=O) groups excluding carboxylic acids is 1. The molecular formula is C17H27N3O. The van der Waals surface area contributed by atoms with Crippen molar-refractivity contribution in [3.8, 4) is 0 Å². The second-order valence-corrected chi connectivity index (χ2v) is 6.00. The minimum Gasteiger partial charge on any atom is -0.370 e. The van der Waals surface area contributed by atoms with E-state index in [-0.39, 0.29) is 5.91 Å². The molecule has 0 radical (unpaired) electrons. The van der Waals surface area contributed by atoms with Gasteiger partial charge in [-0.15, -0.1) is 0 Å². The number of aryl methyl sites for hydroxylation is 1. The summed E-state index contributed by atoms with van der Waals surface area (Å²) in [5.41, 5.74) is 1.71. The van der Waals surface area contributed by atoms with E-state index in [9.17, 15) is 4.79 Å². The summed E-state index contributed by atoms with van der Waals surface area (Å²) in [5.74, 6) is 1.42. The highest BCUT2D eigenvalue weighted by Gasteiger charge is 2.25. The molecule has 116 valence electrons. The second-order valence-electron chi connectivity index (χ2n) is 6.00. The van der Waals surface area contributed by atoms with E-state index in [4.69, 9.17) is 0 Å². The number of anilines is 1. The van der Waals surface area contributed by atoms with E-state index in [2.05, 4.69) is 29.5 Å². The molecule has 0 aliphatic heterocycles. The lowest BCUT2D eigenvalue weighted by molar-refractivity contribution is 0.0929. The first-order chi connectivity index (χ1) is 10.1. The third kappa shape index (κ3) is 4.19. The monoisotopic (exact) mass is 289 g/mol. The number of nitrogens with zero attached hydrogens (tertiary/aromatic N) is 1. The second kappa shape index (κ2) is 7.43. The van der Waals surface area contributed by atoms with Crippen molar-refractivity contribution >= 4 is 11.7 Å². The van der Waals surface area contributed by atoms with Crippen molar-refractivity contribution in [2.24, 2.45) is 5.92 Å². The van der Waals surface area contributed by atoms with E-state index in [1.807, 2.05) is 19.1 Å². The summed E-state index contributed by atoms with van der Waals surface area (Å²) < 4.78 is 0. The van der Waals surface area contributed by atoms with Crippen LogP contribution in [0.1, 0.15) is 62.5 Å². The minimum absolute atomic E-state index is 0.0349. The lowest BCUT2D eigenvalue weighted by Crippen LogP contribution is -2.36. The number of pyridine rings is 1. The van der Waals surface area contributed by atoms with Gasteiger partial charge in [-0.2, -0.15) is 0 Å². The standard InChI is InChI=1S/C17H27N3O/c1-4-7-14-10-13(11-16(19-14)18-5-2)17(21)20-15-9-6-8-12(15)3/h10-12,15H,4-9H2,1-3H3,(H,18,19)(H,20,21). The van der Waals surface area contributed by atoms with Gasteiger partial charge in [-0.05, 0) is 44.2 Å². The van der Waals surface area contributed by atoms with Crippen LogP contribution in [-0.2, 0) is 6.42 Å². The molecule has 1 aliphatic carbocycles. The maximum Gasteiger partial charge on any atom is 0.251 e. The topological polar surface area (TPSA) is 54.0 Å². The summed E-state index contributed by atoms with van der Waals surface area (Å²) in [6, 6.07) is 4.11. The summed E-state index contributed by atoms with van der Waals surface area (Å²) in [7, 11) is 0. The molecule has 0 spiro atoms. The molecule has 0 saturated heterocycles. The van der Waals surface area contributed by atoms with E-state index >= 15 is 0 Å². The van der Waals surface area contributed by atoms with E-state index in [1.54, 1.807) is 0 Å². The number of hydrogen-bond acceptors (Lipinski definition) is 3. The molecule has 1 aromatic heterocycles. The van der Waals surface area contributed by atoms with Crippen LogP contribution in [0.5, 0.6) is 0 Å². The van der Waals surface area contributed by atoms with Crippen molar-refractivity contribution in [1.82, 2.24) is 10.3 Å². The van der Waals surface area contributed by atoms with Crippen LogP contribution in [0.25, 0.3) is 0 Å². The Morgan fingerprint density at radius 1 is 1.33 bits per heavy atom. The van der Waals surface area contributed by atoms with E-state index in [0.29, 0.717) is 12.0 Å². The first-order valence-corrected chi connectivity index (χ1v) is 8.19. The Morgan fingerprint density at radius 2 is 2.14 bits per heavy atom. The van der Waals surface area contributed by atoms with Gasteiger partial charge in [-0.25, -0.2) is 4.98 Å². The number of aromatic nitrogens is 1. The zero-order chi connectivity index (χ0) is 15.2. The summed E-state index contributed by atoms with van der Waals surface area (Å²) >= 11 is 0. The van der Waals surface area contributed by atoms with Gasteiger partial charge in [0.15, 0.2) is 0 Å². The number of hydrogen-bond donors (Lipinski definition) is 2. The maximum absolute atomic E-state index is 12.5. The van der Waals surface area contributed by atoms with Crippen LogP contribution in [0.15, 0.2) is 12.1 Å². The molecule has 0 bridgehead atoms. The third-order valence-electron chi connectivity index (χ3n) is 4.18. The molecule has 2 N–H and O–H groups in total. The first kappa shape index (κ1) is 15.8. The first-order valence-electron chi connectivity index (χ1n) is 8.19. The third-order valence-corrected chi connectivity index (χ3v) is 4.18. The smallest absolute Gasteiger partial charge is 0.251 e. The van der Waals surface area contributed by atoms with Gasteiger partial charge in [0.25, 0.3) is 5.91 Å². The highest BCUT2D eigenvalue weighted by molar-refractivity contribution is 5.95. The van der Waals surface area contributed by atoms with Crippen LogP contribution in [0.4, 0.5) is 5.82 Å². The molecule has 1 heterocycles. The molecule has 4 heteroatoms. The van der Waals surface area contributed by atoms with Crippen molar-refractivity contribution in [3.05, 3.63) is 23.4 Å². The Hall–Kier alpha value is -1.58. The molecule has 2 unspecified atom stereocenters. The molecule has 0 aromatic carbocycles. The molecule has 2 rings (SSSR count). The van der Waals surface area contributed by atoms with E-state index in [1.165, 1.54) is 12.8 Å². The van der Waals surface area contributed by atoms with Crippen molar-refractivity contribution in [2.45, 2.75) is 58.9 Å². The molecule has 1 amide bonds. The molecule has 2 atom stereocenters. The predicted octanol–water partition coefficient (Wildman–Crippen LogP) is 3.38. The van der Waals surface area contributed by atoms with Gasteiger partial charge in [0, 0.05) is 23.8 Å². The average Bonchev–Trinajstić information content (AvgIpc) is 2.85. The minimum atomic E-state index is 0.0349. The fourth-order valence-corrected chi connectivity index (χ4v) is 2.99. The summed E-state index contributed by atoms with van der Waals surface area (Å²) in [6.07, 6.45) is 5.46. The Bertz CT molecular complexity index is 463. The largest absolute Gasteiger partial charge is 0.370 e. The van der Waals surface area contributed by atoms with E-state index in [0.717, 1.165) is 42.9 Å². The molecular weight excluding hydrogens is 262 g/mol. The summed E-state index contributed by atoms with van der Waals surface area (Å²) in [4.78, 5) is 17.0. The van der Waals surface area contributed by atoms with Crippen LogP contribution in [0.2, 0.25) is 0 Å². The molecule has 4 nitrogen and oxygen atoms in total. The van der Waals surface area contributed by atoms with Gasteiger partial charge in [0.1, 0.15) is 5.82 Å². The van der Waals surface area contributed by atoms with Gasteiger partial charge in [0.2, 0.25) is 0 Å². The van der Waals surface area contributed by atoms with Crippen molar-refractivity contribution < 1.29 is 4.79 Å². The summed E-state index contributed by atoms with van der Waals surface area (Å²) in [6.45, 7) is 7.19. The van der Waals surface area contributed by atoms with Gasteiger partial charge >= 0.3 is 0 Å². The number of rotatable bonds is 6. The number of nitrogens with one attached hydrogen (secondary N) is 2. The van der Waals surface area contributed by atoms with Crippen molar-refractivity contribution in [3.63, 3.8) is 0 Å². The van der Waals surface area contributed by atoms with Crippen LogP contribution >= 0.6 is 0 Å². The highest BCUT2D eigenvalue weighted by Crippen LogP contribution is 2.25. The van der Waals surface area contributed by atoms with Crippen molar-refractivity contribution in [2.75, 3.05) is 11.9 Å². The molecule has 1 fully saturated rings. The van der Waals surface area contributed by atoms with Gasteiger partial charge in [-0.1, -0.05) is 26.7 Å². The Kier molecular flexibility index (Phi) is 5.59. The molecule has 1 saturated carbocycles. The zero-order valence-corrected chi connectivity index (χ0v) is 13.4. The Morgan fingerprint density at radius 3 is 2.76 bits per heavy atom. The fraction of sp³-hybridized carbons (Fsp3) is 0.647. The van der Waals surface area contributed by atoms with Crippen LogP contribution < -0.4 is 10.6 Å². The van der Waals surface area contributed by atoms with Crippen LogP contribution in [0.3, 0.4) is 0 Å². The van der Waals surface area contributed by atoms with Gasteiger partial charge < -0.3 is 10.6 Å². The average molecular weight is 289 g/mol. The van der Waals surface area contributed by atoms with Crippen LogP contribution in [0, 0.1) is 5.92 Å². The number of carbonyl (C=O) groups is 1. The summed E-state index contributed by atoms with van der Waals surface area (Å²) in [5, 5.41) is 6.40. The Labute approximate surface area is 127 Å². The van der Waals surface area contributed by atoms with Crippen LogP contribution in [-0.4, -0.2) is 23.5 Å². The van der Waals surface area contributed by atoms with E-state index < -0.39 is 0 Å². The quantitative estimate of drug-likeness (QED) is 0.844. The SMILES string of the molecule is CCCc1cc(C(=O)NC2CCCC2C)cc(NCC)n1. The Balaban J connectivity index is 2.14. The lowest BCUT2D eigenvalue weighted by Gasteiger charge is -2.18. The normalized spacial score (nSPS) is 21.3. The molecule has 1 aromatic rings. The molecule has 1 aliphatic rings.